The standard InChI is InChI=1S/C20H24N4O/c25-20(22-17-6-2-1-3-7-17)23-19-16-8-11-24(12-9-16)18(19)13-15-5-4-10-21-14-15/h1-7,10,14,16,18-19H,8-9,11-13H2,(H2,22,23,25)/t18-,19-/m0/s1. The van der Waals surface area contributed by atoms with Crippen molar-refractivity contribution in [1.29, 1.82) is 0 Å². The van der Waals surface area contributed by atoms with Gasteiger partial charge in [0.1, 0.15) is 0 Å². The minimum Gasteiger partial charge on any atom is -0.333 e. The van der Waals surface area contributed by atoms with Crippen LogP contribution in [0.15, 0.2) is 54.9 Å². The number of nitrogens with zero attached hydrogens (tertiary/aromatic N) is 2. The smallest absolute Gasteiger partial charge is 0.319 e. The molecule has 130 valence electrons. The fourth-order valence-corrected chi connectivity index (χ4v) is 4.22. The average Bonchev–Trinajstić information content (AvgIpc) is 2.66. The fraction of sp³-hybridized carbons (Fsp3) is 0.400. The minimum absolute atomic E-state index is 0.110. The third-order valence-corrected chi connectivity index (χ3v) is 5.46. The summed E-state index contributed by atoms with van der Waals surface area (Å²) in [4.78, 5) is 19.3. The van der Waals surface area contributed by atoms with E-state index in [4.69, 9.17) is 0 Å². The minimum atomic E-state index is -0.110. The molecular formula is C20H24N4O. The Kier molecular flexibility index (Phi) is 4.65. The molecule has 1 aromatic carbocycles. The Labute approximate surface area is 148 Å². The molecule has 0 spiro atoms. The Morgan fingerprint density at radius 1 is 1.12 bits per heavy atom. The van der Waals surface area contributed by atoms with Crippen molar-refractivity contribution >= 4 is 11.7 Å². The Balaban J connectivity index is 1.46. The first-order valence-corrected chi connectivity index (χ1v) is 9.05. The van der Waals surface area contributed by atoms with Crippen molar-refractivity contribution in [3.63, 3.8) is 0 Å². The molecule has 3 saturated heterocycles. The number of hydrogen-bond donors (Lipinski definition) is 2. The van der Waals surface area contributed by atoms with Gasteiger partial charge in [-0.15, -0.1) is 0 Å². The Morgan fingerprint density at radius 3 is 2.64 bits per heavy atom. The molecular weight excluding hydrogens is 312 g/mol. The van der Waals surface area contributed by atoms with Gasteiger partial charge in [-0.2, -0.15) is 0 Å². The fourth-order valence-electron chi connectivity index (χ4n) is 4.22. The van der Waals surface area contributed by atoms with Crippen molar-refractivity contribution < 1.29 is 4.79 Å². The number of piperidine rings is 3. The molecule has 4 heterocycles. The topological polar surface area (TPSA) is 57.3 Å². The van der Waals surface area contributed by atoms with E-state index in [9.17, 15) is 4.79 Å². The first-order valence-electron chi connectivity index (χ1n) is 9.05. The van der Waals surface area contributed by atoms with Crippen LogP contribution < -0.4 is 10.6 Å². The van der Waals surface area contributed by atoms with Crippen molar-refractivity contribution in [1.82, 2.24) is 15.2 Å². The van der Waals surface area contributed by atoms with Crippen LogP contribution in [0, 0.1) is 5.92 Å². The zero-order valence-corrected chi connectivity index (χ0v) is 14.3. The van der Waals surface area contributed by atoms with E-state index in [0.717, 1.165) is 25.2 Å². The number of carbonyl (C=O) groups excluding carboxylic acids is 1. The van der Waals surface area contributed by atoms with Crippen LogP contribution in [0.1, 0.15) is 18.4 Å². The lowest BCUT2D eigenvalue weighted by Crippen LogP contribution is -2.64. The number of carbonyl (C=O) groups is 1. The van der Waals surface area contributed by atoms with E-state index in [2.05, 4.69) is 26.6 Å². The second-order valence-corrected chi connectivity index (χ2v) is 7.00. The van der Waals surface area contributed by atoms with Gasteiger partial charge in [-0.3, -0.25) is 9.88 Å². The van der Waals surface area contributed by atoms with Crippen LogP contribution in [0.2, 0.25) is 0 Å². The number of amides is 2. The van der Waals surface area contributed by atoms with E-state index in [0.29, 0.717) is 12.0 Å². The Morgan fingerprint density at radius 2 is 1.92 bits per heavy atom. The summed E-state index contributed by atoms with van der Waals surface area (Å²) < 4.78 is 0. The Hall–Kier alpha value is -2.40. The van der Waals surface area contributed by atoms with Gasteiger partial charge in [0, 0.05) is 30.2 Å². The number of urea groups is 1. The SMILES string of the molecule is O=C(Nc1ccccc1)N[C@H]1C2CCN(CC2)[C@H]1Cc1cccnc1. The van der Waals surface area contributed by atoms with Crippen molar-refractivity contribution in [3.05, 3.63) is 60.4 Å². The molecule has 25 heavy (non-hydrogen) atoms. The molecule has 0 aliphatic carbocycles. The number of pyridine rings is 1. The van der Waals surface area contributed by atoms with Gasteiger partial charge in [0.15, 0.2) is 0 Å². The quantitative estimate of drug-likeness (QED) is 0.903. The maximum Gasteiger partial charge on any atom is 0.319 e. The van der Waals surface area contributed by atoms with Crippen molar-refractivity contribution in [2.75, 3.05) is 18.4 Å². The van der Waals surface area contributed by atoms with Gasteiger partial charge in [-0.25, -0.2) is 4.79 Å². The molecule has 2 amide bonds. The first-order chi connectivity index (χ1) is 12.3. The van der Waals surface area contributed by atoms with Crippen LogP contribution in [-0.4, -0.2) is 41.1 Å². The monoisotopic (exact) mass is 336 g/mol. The zero-order valence-electron chi connectivity index (χ0n) is 14.3. The normalized spacial score (nSPS) is 27.7. The van der Waals surface area contributed by atoms with E-state index in [1.165, 1.54) is 18.4 Å². The van der Waals surface area contributed by atoms with E-state index in [1.54, 1.807) is 6.20 Å². The highest BCUT2D eigenvalue weighted by atomic mass is 16.2. The van der Waals surface area contributed by atoms with Crippen molar-refractivity contribution in [2.24, 2.45) is 5.92 Å². The van der Waals surface area contributed by atoms with E-state index < -0.39 is 0 Å². The van der Waals surface area contributed by atoms with Crippen LogP contribution in [-0.2, 0) is 6.42 Å². The molecule has 1 aromatic heterocycles. The molecule has 3 aliphatic heterocycles. The lowest BCUT2D eigenvalue weighted by molar-refractivity contribution is 0.0184. The molecule has 2 N–H and O–H groups in total. The number of nitrogens with one attached hydrogen (secondary N) is 2. The van der Waals surface area contributed by atoms with E-state index in [1.807, 2.05) is 42.6 Å². The van der Waals surface area contributed by atoms with Gasteiger partial charge in [0.25, 0.3) is 0 Å². The molecule has 0 saturated carbocycles. The zero-order chi connectivity index (χ0) is 17.1. The number of anilines is 1. The van der Waals surface area contributed by atoms with Crippen LogP contribution >= 0.6 is 0 Å². The maximum atomic E-state index is 12.5. The molecule has 0 radical (unpaired) electrons. The summed E-state index contributed by atoms with van der Waals surface area (Å²) >= 11 is 0. The second kappa shape index (κ2) is 7.23. The number of aromatic nitrogens is 1. The second-order valence-electron chi connectivity index (χ2n) is 7.00. The molecule has 3 fully saturated rings. The molecule has 2 aromatic rings. The van der Waals surface area contributed by atoms with E-state index in [-0.39, 0.29) is 12.1 Å². The van der Waals surface area contributed by atoms with Gasteiger partial charge in [0.2, 0.25) is 0 Å². The van der Waals surface area contributed by atoms with E-state index >= 15 is 0 Å². The highest BCUT2D eigenvalue weighted by molar-refractivity contribution is 5.89. The molecule has 5 rings (SSSR count). The predicted octanol–water partition coefficient (Wildman–Crippen LogP) is 2.91. The van der Waals surface area contributed by atoms with Crippen LogP contribution in [0.25, 0.3) is 0 Å². The van der Waals surface area contributed by atoms with Gasteiger partial charge >= 0.3 is 6.03 Å². The Bertz CT molecular complexity index is 698. The highest BCUT2D eigenvalue weighted by Gasteiger charge is 2.42. The summed E-state index contributed by atoms with van der Waals surface area (Å²) in [5, 5.41) is 6.21. The van der Waals surface area contributed by atoms with Gasteiger partial charge in [-0.1, -0.05) is 24.3 Å². The first kappa shape index (κ1) is 16.1. The number of rotatable bonds is 4. The number of hydrogen-bond acceptors (Lipinski definition) is 3. The summed E-state index contributed by atoms with van der Waals surface area (Å²) in [7, 11) is 0. The van der Waals surface area contributed by atoms with Crippen LogP contribution in [0.5, 0.6) is 0 Å². The molecule has 2 bridgehead atoms. The molecule has 3 aliphatic rings. The summed E-state index contributed by atoms with van der Waals surface area (Å²) in [6, 6.07) is 14.1. The summed E-state index contributed by atoms with van der Waals surface area (Å²) in [5.74, 6) is 0.563. The lowest BCUT2D eigenvalue weighted by atomic mass is 9.77. The molecule has 5 heteroatoms. The average molecular weight is 336 g/mol. The van der Waals surface area contributed by atoms with Gasteiger partial charge < -0.3 is 10.6 Å². The highest BCUT2D eigenvalue weighted by Crippen LogP contribution is 2.34. The predicted molar refractivity (Wildman–Crippen MR) is 98.4 cm³/mol. The summed E-state index contributed by atoms with van der Waals surface area (Å²) in [6.07, 6.45) is 7.00. The van der Waals surface area contributed by atoms with Crippen molar-refractivity contribution in [3.8, 4) is 0 Å². The van der Waals surface area contributed by atoms with Gasteiger partial charge in [-0.05, 0) is 62.0 Å². The van der Waals surface area contributed by atoms with Gasteiger partial charge in [0.05, 0.1) is 0 Å². The third-order valence-electron chi connectivity index (χ3n) is 5.46. The number of fused-ring (bicyclic) bond motifs is 3. The lowest BCUT2D eigenvalue weighted by Gasteiger charge is -2.51. The van der Waals surface area contributed by atoms with Crippen LogP contribution in [0.4, 0.5) is 10.5 Å². The molecule has 0 unspecified atom stereocenters. The summed E-state index contributed by atoms with van der Waals surface area (Å²) in [5.41, 5.74) is 2.06. The summed E-state index contributed by atoms with van der Waals surface area (Å²) in [6.45, 7) is 2.27. The van der Waals surface area contributed by atoms with Crippen LogP contribution in [0.3, 0.4) is 0 Å². The molecule has 5 nitrogen and oxygen atoms in total. The third kappa shape index (κ3) is 3.66. The number of benzene rings is 1. The molecule has 2 atom stereocenters. The largest absolute Gasteiger partial charge is 0.333 e. The number of para-hydroxylation sites is 1. The van der Waals surface area contributed by atoms with Crippen molar-refractivity contribution in [2.45, 2.75) is 31.3 Å². The maximum absolute atomic E-state index is 12.5.